The third-order valence-corrected chi connectivity index (χ3v) is 4.00. The molecule has 0 aliphatic carbocycles. The largest absolute Gasteiger partial charge is 0.504 e. The van der Waals surface area contributed by atoms with Gasteiger partial charge in [0.2, 0.25) is 0 Å². The molecule has 0 atom stereocenters. The van der Waals surface area contributed by atoms with Gasteiger partial charge in [-0.25, -0.2) is 9.59 Å². The van der Waals surface area contributed by atoms with Crippen LogP contribution in [-0.4, -0.2) is 31.3 Å². The molecular weight excluding hydrogens is 376 g/mol. The predicted octanol–water partition coefficient (Wildman–Crippen LogP) is 3.85. The molecule has 0 amide bonds. The molecular formula is C22H18O7. The van der Waals surface area contributed by atoms with Gasteiger partial charge in [-0.1, -0.05) is 0 Å². The summed E-state index contributed by atoms with van der Waals surface area (Å²) in [6.07, 6.45) is 0. The van der Waals surface area contributed by atoms with E-state index in [4.69, 9.17) is 18.9 Å². The minimum Gasteiger partial charge on any atom is -0.504 e. The lowest BCUT2D eigenvalue weighted by molar-refractivity contribution is 0.0728. The van der Waals surface area contributed by atoms with Crippen LogP contribution in [0.3, 0.4) is 0 Å². The zero-order valence-corrected chi connectivity index (χ0v) is 15.7. The van der Waals surface area contributed by atoms with Crippen molar-refractivity contribution in [2.75, 3.05) is 14.2 Å². The summed E-state index contributed by atoms with van der Waals surface area (Å²) in [5.41, 5.74) is 0.585. The molecule has 0 aromatic heterocycles. The quantitative estimate of drug-likeness (QED) is 0.502. The molecule has 0 saturated heterocycles. The molecule has 3 aromatic rings. The Bertz CT molecular complexity index is 1010. The molecule has 0 heterocycles. The molecule has 29 heavy (non-hydrogen) atoms. The van der Waals surface area contributed by atoms with Crippen LogP contribution < -0.4 is 18.9 Å². The molecule has 148 valence electrons. The van der Waals surface area contributed by atoms with Gasteiger partial charge in [0, 0.05) is 6.07 Å². The average Bonchev–Trinajstić information content (AvgIpc) is 2.76. The number of esters is 2. The summed E-state index contributed by atoms with van der Waals surface area (Å²) in [6.45, 7) is 0. The Hall–Kier alpha value is -4.00. The van der Waals surface area contributed by atoms with Gasteiger partial charge in [0.15, 0.2) is 11.5 Å². The third-order valence-electron chi connectivity index (χ3n) is 4.00. The maximum atomic E-state index is 12.3. The Labute approximate surface area is 167 Å². The van der Waals surface area contributed by atoms with Crippen molar-refractivity contribution in [1.82, 2.24) is 0 Å². The molecule has 1 N–H and O–H groups in total. The van der Waals surface area contributed by atoms with Crippen LogP contribution in [-0.2, 0) is 0 Å². The molecule has 0 bridgehead atoms. The number of rotatable bonds is 6. The van der Waals surface area contributed by atoms with Gasteiger partial charge < -0.3 is 24.1 Å². The smallest absolute Gasteiger partial charge is 0.343 e. The predicted molar refractivity (Wildman–Crippen MR) is 104 cm³/mol. The zero-order chi connectivity index (χ0) is 20.8. The van der Waals surface area contributed by atoms with Crippen molar-refractivity contribution in [3.05, 3.63) is 77.9 Å². The van der Waals surface area contributed by atoms with Crippen LogP contribution in [0.5, 0.6) is 28.7 Å². The minimum absolute atomic E-state index is 0.112. The van der Waals surface area contributed by atoms with E-state index in [-0.39, 0.29) is 22.8 Å². The zero-order valence-electron chi connectivity index (χ0n) is 15.7. The molecule has 7 heteroatoms. The highest BCUT2D eigenvalue weighted by Gasteiger charge is 2.15. The number of carbonyl (C=O) groups excluding carboxylic acids is 2. The lowest BCUT2D eigenvalue weighted by atomic mass is 10.2. The highest BCUT2D eigenvalue weighted by atomic mass is 16.5. The van der Waals surface area contributed by atoms with E-state index in [1.165, 1.54) is 44.6 Å². The Morgan fingerprint density at radius 2 is 1.10 bits per heavy atom. The summed E-state index contributed by atoms with van der Waals surface area (Å²) in [6, 6.07) is 16.6. The molecule has 0 aliphatic rings. The molecule has 3 aromatic carbocycles. The maximum Gasteiger partial charge on any atom is 0.343 e. The summed E-state index contributed by atoms with van der Waals surface area (Å²) in [5.74, 6) is -0.369. The SMILES string of the molecule is COc1ccc(C(=O)Oc2ccc(O)c(OC(=O)c3ccc(OC)cc3)c2)cc1. The lowest BCUT2D eigenvalue weighted by Crippen LogP contribution is -2.10. The van der Waals surface area contributed by atoms with Crippen molar-refractivity contribution in [3.63, 3.8) is 0 Å². The van der Waals surface area contributed by atoms with E-state index in [9.17, 15) is 14.7 Å². The molecule has 0 saturated carbocycles. The van der Waals surface area contributed by atoms with Crippen molar-refractivity contribution >= 4 is 11.9 Å². The maximum absolute atomic E-state index is 12.3. The van der Waals surface area contributed by atoms with E-state index in [1.807, 2.05) is 0 Å². The van der Waals surface area contributed by atoms with Crippen LogP contribution >= 0.6 is 0 Å². The van der Waals surface area contributed by atoms with Gasteiger partial charge in [-0.3, -0.25) is 0 Å². The highest BCUT2D eigenvalue weighted by molar-refractivity contribution is 5.92. The van der Waals surface area contributed by atoms with Gasteiger partial charge in [-0.05, 0) is 60.7 Å². The lowest BCUT2D eigenvalue weighted by Gasteiger charge is -2.10. The number of hydrogen-bond donors (Lipinski definition) is 1. The molecule has 0 radical (unpaired) electrons. The first-order valence-corrected chi connectivity index (χ1v) is 8.55. The van der Waals surface area contributed by atoms with Gasteiger partial charge in [-0.2, -0.15) is 0 Å². The number of ether oxygens (including phenoxy) is 4. The third kappa shape index (κ3) is 4.84. The second kappa shape index (κ2) is 8.79. The first-order valence-electron chi connectivity index (χ1n) is 8.55. The Morgan fingerprint density at radius 3 is 1.59 bits per heavy atom. The number of hydrogen-bond acceptors (Lipinski definition) is 7. The molecule has 0 fully saturated rings. The number of benzene rings is 3. The van der Waals surface area contributed by atoms with Crippen molar-refractivity contribution < 1.29 is 33.6 Å². The van der Waals surface area contributed by atoms with E-state index >= 15 is 0 Å². The van der Waals surface area contributed by atoms with Crippen molar-refractivity contribution in [3.8, 4) is 28.7 Å². The summed E-state index contributed by atoms with van der Waals surface area (Å²) in [4.78, 5) is 24.6. The van der Waals surface area contributed by atoms with E-state index in [0.29, 0.717) is 17.1 Å². The fraction of sp³-hybridized carbons (Fsp3) is 0.0909. The van der Waals surface area contributed by atoms with Crippen LogP contribution in [0.15, 0.2) is 66.7 Å². The number of phenols is 1. The highest BCUT2D eigenvalue weighted by Crippen LogP contribution is 2.31. The van der Waals surface area contributed by atoms with Crippen molar-refractivity contribution in [2.45, 2.75) is 0 Å². The van der Waals surface area contributed by atoms with Crippen LogP contribution in [0, 0.1) is 0 Å². The normalized spacial score (nSPS) is 10.1. The summed E-state index contributed by atoms with van der Waals surface area (Å²) in [7, 11) is 3.04. The number of phenolic OH excluding ortho intramolecular Hbond substituents is 1. The van der Waals surface area contributed by atoms with Crippen molar-refractivity contribution in [2.24, 2.45) is 0 Å². The number of methoxy groups -OCH3 is 2. The second-order valence-corrected chi connectivity index (χ2v) is 5.87. The van der Waals surface area contributed by atoms with Crippen LogP contribution in [0.2, 0.25) is 0 Å². The van der Waals surface area contributed by atoms with E-state index < -0.39 is 11.9 Å². The molecule has 0 spiro atoms. The fourth-order valence-electron chi connectivity index (χ4n) is 2.42. The summed E-state index contributed by atoms with van der Waals surface area (Å²) < 4.78 is 20.6. The van der Waals surface area contributed by atoms with Gasteiger partial charge in [0.1, 0.15) is 17.2 Å². The van der Waals surface area contributed by atoms with E-state index in [0.717, 1.165) is 0 Å². The topological polar surface area (TPSA) is 91.3 Å². The van der Waals surface area contributed by atoms with Gasteiger partial charge >= 0.3 is 11.9 Å². The fourth-order valence-corrected chi connectivity index (χ4v) is 2.42. The Morgan fingerprint density at radius 1 is 0.655 bits per heavy atom. The summed E-state index contributed by atoms with van der Waals surface area (Å²) >= 11 is 0. The molecule has 0 unspecified atom stereocenters. The Kier molecular flexibility index (Phi) is 5.99. The Balaban J connectivity index is 1.72. The first kappa shape index (κ1) is 19.8. The number of aromatic hydroxyl groups is 1. The molecule has 0 aliphatic heterocycles. The van der Waals surface area contributed by atoms with Crippen LogP contribution in [0.25, 0.3) is 0 Å². The van der Waals surface area contributed by atoms with E-state index in [2.05, 4.69) is 0 Å². The number of carbonyl (C=O) groups is 2. The summed E-state index contributed by atoms with van der Waals surface area (Å²) in [5, 5.41) is 9.97. The average molecular weight is 394 g/mol. The first-order chi connectivity index (χ1) is 14.0. The second-order valence-electron chi connectivity index (χ2n) is 5.87. The van der Waals surface area contributed by atoms with Gasteiger partial charge in [0.25, 0.3) is 0 Å². The monoisotopic (exact) mass is 394 g/mol. The van der Waals surface area contributed by atoms with Crippen molar-refractivity contribution in [1.29, 1.82) is 0 Å². The minimum atomic E-state index is -0.679. The molecule has 3 rings (SSSR count). The van der Waals surface area contributed by atoms with E-state index in [1.54, 1.807) is 36.4 Å². The molecule has 7 nitrogen and oxygen atoms in total. The standard InChI is InChI=1S/C22H18O7/c1-26-16-7-3-14(4-8-16)21(24)28-18-11-12-19(23)20(13-18)29-22(25)15-5-9-17(27-2)10-6-15/h3-13,23H,1-2H3. The van der Waals surface area contributed by atoms with Gasteiger partial charge in [0.05, 0.1) is 25.3 Å². The van der Waals surface area contributed by atoms with Gasteiger partial charge in [-0.15, -0.1) is 0 Å². The van der Waals surface area contributed by atoms with Crippen LogP contribution in [0.4, 0.5) is 0 Å². The van der Waals surface area contributed by atoms with Crippen LogP contribution in [0.1, 0.15) is 20.7 Å².